The van der Waals surface area contributed by atoms with Crippen molar-refractivity contribution in [2.24, 2.45) is 5.41 Å². The van der Waals surface area contributed by atoms with Crippen LogP contribution in [0.15, 0.2) is 4.42 Å². The average molecular weight is 293 g/mol. The highest BCUT2D eigenvalue weighted by molar-refractivity contribution is 5.97. The number of furan rings is 1. The molecule has 116 valence electrons. The molecule has 2 rings (SSSR count). The Balaban J connectivity index is 2.23. The first-order valence-corrected chi connectivity index (χ1v) is 7.38. The lowest BCUT2D eigenvalue weighted by atomic mass is 9.71. The lowest BCUT2D eigenvalue weighted by molar-refractivity contribution is -0.151. The van der Waals surface area contributed by atoms with Crippen molar-refractivity contribution in [2.75, 3.05) is 0 Å². The summed E-state index contributed by atoms with van der Waals surface area (Å²) in [6.07, 6.45) is 3.12. The number of hydrogen-bond donors (Lipinski definition) is 2. The van der Waals surface area contributed by atoms with Gasteiger partial charge in [0, 0.05) is 11.6 Å². The van der Waals surface area contributed by atoms with Gasteiger partial charge >= 0.3 is 5.97 Å². The summed E-state index contributed by atoms with van der Waals surface area (Å²) < 4.78 is 5.48. The highest BCUT2D eigenvalue weighted by atomic mass is 16.4. The Morgan fingerprint density at radius 2 is 1.90 bits per heavy atom. The molecule has 0 spiro atoms. The number of carbonyl (C=O) groups is 2. The van der Waals surface area contributed by atoms with Gasteiger partial charge in [-0.2, -0.15) is 0 Å². The molecule has 1 heterocycles. The van der Waals surface area contributed by atoms with Crippen LogP contribution >= 0.6 is 0 Å². The van der Waals surface area contributed by atoms with Crippen molar-refractivity contribution in [3.05, 3.63) is 22.6 Å². The fraction of sp³-hybridized carbons (Fsp3) is 0.625. The van der Waals surface area contributed by atoms with Gasteiger partial charge in [-0.05, 0) is 40.5 Å². The molecule has 0 radical (unpaired) electrons. The summed E-state index contributed by atoms with van der Waals surface area (Å²) in [7, 11) is 0. The van der Waals surface area contributed by atoms with Crippen molar-refractivity contribution in [1.29, 1.82) is 0 Å². The maximum Gasteiger partial charge on any atom is 0.311 e. The first kappa shape index (κ1) is 15.6. The van der Waals surface area contributed by atoms with Crippen LogP contribution in [0.3, 0.4) is 0 Å². The van der Waals surface area contributed by atoms with Crippen LogP contribution in [0, 0.1) is 26.2 Å². The molecule has 0 saturated heterocycles. The van der Waals surface area contributed by atoms with E-state index < -0.39 is 11.4 Å². The van der Waals surface area contributed by atoms with Crippen molar-refractivity contribution in [3.63, 3.8) is 0 Å². The minimum atomic E-state index is -0.894. The summed E-state index contributed by atoms with van der Waals surface area (Å²) in [4.78, 5) is 24.1. The van der Waals surface area contributed by atoms with Crippen LogP contribution in [0.5, 0.6) is 0 Å². The van der Waals surface area contributed by atoms with Gasteiger partial charge in [0.2, 0.25) is 0 Å². The van der Waals surface area contributed by atoms with E-state index in [4.69, 9.17) is 4.42 Å². The molecule has 2 unspecified atom stereocenters. The zero-order chi connectivity index (χ0) is 15.8. The number of carbonyl (C=O) groups excluding carboxylic acids is 1. The first-order chi connectivity index (χ1) is 9.77. The number of aryl methyl sites for hydroxylation is 2. The third-order valence-electron chi connectivity index (χ3n) is 4.79. The van der Waals surface area contributed by atoms with Gasteiger partial charge in [-0.25, -0.2) is 0 Å². The highest BCUT2D eigenvalue weighted by Crippen LogP contribution is 2.36. The molecule has 2 atom stereocenters. The van der Waals surface area contributed by atoms with E-state index in [1.807, 2.05) is 13.8 Å². The molecule has 1 aliphatic rings. The van der Waals surface area contributed by atoms with Crippen molar-refractivity contribution in [2.45, 2.75) is 59.4 Å². The van der Waals surface area contributed by atoms with E-state index in [1.165, 1.54) is 0 Å². The molecule has 0 aliphatic heterocycles. The maximum absolute atomic E-state index is 12.5. The standard InChI is InChI=1S/C16H23NO4/c1-9-10(2)21-11(3)13(9)14(18)17-12-7-5-6-8-16(12,4)15(19)20/h12H,5-8H2,1-4H3,(H,17,18)(H,19,20). The second-order valence-corrected chi connectivity index (χ2v) is 6.21. The summed E-state index contributed by atoms with van der Waals surface area (Å²) >= 11 is 0. The molecule has 0 aromatic carbocycles. The summed E-state index contributed by atoms with van der Waals surface area (Å²) in [5.41, 5.74) is 0.456. The van der Waals surface area contributed by atoms with Gasteiger partial charge in [-0.3, -0.25) is 9.59 Å². The van der Waals surface area contributed by atoms with Crippen LogP contribution in [-0.4, -0.2) is 23.0 Å². The van der Waals surface area contributed by atoms with Crippen molar-refractivity contribution in [3.8, 4) is 0 Å². The van der Waals surface area contributed by atoms with E-state index in [-0.39, 0.29) is 11.9 Å². The Morgan fingerprint density at radius 3 is 2.43 bits per heavy atom. The Morgan fingerprint density at radius 1 is 1.24 bits per heavy atom. The molecule has 1 amide bonds. The highest BCUT2D eigenvalue weighted by Gasteiger charge is 2.44. The number of rotatable bonds is 3. The smallest absolute Gasteiger partial charge is 0.311 e. The van der Waals surface area contributed by atoms with Crippen LogP contribution in [0.2, 0.25) is 0 Å². The number of amides is 1. The Kier molecular flexibility index (Phi) is 4.12. The SMILES string of the molecule is Cc1oc(C)c(C(=O)NC2CCCCC2(C)C(=O)O)c1C. The molecular formula is C16H23NO4. The lowest BCUT2D eigenvalue weighted by Crippen LogP contribution is -2.52. The first-order valence-electron chi connectivity index (χ1n) is 7.38. The summed E-state index contributed by atoms with van der Waals surface area (Å²) in [6, 6.07) is -0.342. The molecule has 1 fully saturated rings. The zero-order valence-corrected chi connectivity index (χ0v) is 13.1. The average Bonchev–Trinajstić information content (AvgIpc) is 2.66. The van der Waals surface area contributed by atoms with E-state index in [9.17, 15) is 14.7 Å². The van der Waals surface area contributed by atoms with Gasteiger partial charge in [0.15, 0.2) is 0 Å². The second kappa shape index (κ2) is 5.54. The molecule has 5 heteroatoms. The lowest BCUT2D eigenvalue weighted by Gasteiger charge is -2.38. The third kappa shape index (κ3) is 2.69. The molecule has 2 N–H and O–H groups in total. The van der Waals surface area contributed by atoms with Gasteiger partial charge in [0.25, 0.3) is 5.91 Å². The quantitative estimate of drug-likeness (QED) is 0.898. The van der Waals surface area contributed by atoms with Gasteiger partial charge in [-0.15, -0.1) is 0 Å². The van der Waals surface area contributed by atoms with E-state index in [0.717, 1.165) is 24.2 Å². The van der Waals surface area contributed by atoms with Crippen LogP contribution in [0.25, 0.3) is 0 Å². The van der Waals surface area contributed by atoms with Crippen molar-refractivity contribution in [1.82, 2.24) is 5.32 Å². The Labute approximate surface area is 124 Å². The minimum absolute atomic E-state index is 0.235. The molecule has 0 bridgehead atoms. The third-order valence-corrected chi connectivity index (χ3v) is 4.79. The van der Waals surface area contributed by atoms with Crippen LogP contribution in [0.1, 0.15) is 60.0 Å². The fourth-order valence-electron chi connectivity index (χ4n) is 3.18. The Bertz CT molecular complexity index is 575. The monoisotopic (exact) mass is 293 g/mol. The maximum atomic E-state index is 12.5. The fourth-order valence-corrected chi connectivity index (χ4v) is 3.18. The summed E-state index contributed by atoms with van der Waals surface area (Å²) in [5, 5.41) is 12.4. The molecule has 1 saturated carbocycles. The van der Waals surface area contributed by atoms with Crippen molar-refractivity contribution < 1.29 is 19.1 Å². The van der Waals surface area contributed by atoms with Gasteiger partial charge in [0.1, 0.15) is 11.5 Å². The van der Waals surface area contributed by atoms with E-state index in [0.29, 0.717) is 24.2 Å². The number of aliphatic carboxylic acids is 1. The molecule has 5 nitrogen and oxygen atoms in total. The van der Waals surface area contributed by atoms with Crippen LogP contribution in [-0.2, 0) is 4.79 Å². The molecular weight excluding hydrogens is 270 g/mol. The van der Waals surface area contributed by atoms with E-state index in [1.54, 1.807) is 13.8 Å². The molecule has 21 heavy (non-hydrogen) atoms. The van der Waals surface area contributed by atoms with Crippen LogP contribution in [0.4, 0.5) is 0 Å². The predicted octanol–water partition coefficient (Wildman–Crippen LogP) is 2.97. The Hall–Kier alpha value is -1.78. The summed E-state index contributed by atoms with van der Waals surface area (Å²) in [5.74, 6) is 0.225. The number of carboxylic acids is 1. The van der Waals surface area contributed by atoms with Crippen LogP contribution < -0.4 is 5.32 Å². The van der Waals surface area contributed by atoms with Gasteiger partial charge in [0.05, 0.1) is 11.0 Å². The number of carboxylic acid groups (broad SMARTS) is 1. The predicted molar refractivity (Wildman–Crippen MR) is 78.4 cm³/mol. The zero-order valence-electron chi connectivity index (χ0n) is 13.1. The van der Waals surface area contributed by atoms with E-state index >= 15 is 0 Å². The van der Waals surface area contributed by atoms with E-state index in [2.05, 4.69) is 5.32 Å². The minimum Gasteiger partial charge on any atom is -0.481 e. The molecule has 1 aromatic rings. The number of hydrogen-bond acceptors (Lipinski definition) is 3. The van der Waals surface area contributed by atoms with Gasteiger partial charge in [-0.1, -0.05) is 12.8 Å². The second-order valence-electron chi connectivity index (χ2n) is 6.21. The molecule has 1 aromatic heterocycles. The van der Waals surface area contributed by atoms with Crippen molar-refractivity contribution >= 4 is 11.9 Å². The topological polar surface area (TPSA) is 79.5 Å². The largest absolute Gasteiger partial charge is 0.481 e. The number of nitrogens with one attached hydrogen (secondary N) is 1. The van der Waals surface area contributed by atoms with Gasteiger partial charge < -0.3 is 14.8 Å². The normalized spacial score (nSPS) is 25.6. The molecule has 1 aliphatic carbocycles. The summed E-state index contributed by atoms with van der Waals surface area (Å²) in [6.45, 7) is 7.14.